The first kappa shape index (κ1) is 24.1. The van der Waals surface area contributed by atoms with Gasteiger partial charge in [0.25, 0.3) is 5.91 Å². The van der Waals surface area contributed by atoms with Crippen LogP contribution in [-0.2, 0) is 4.74 Å². The van der Waals surface area contributed by atoms with Gasteiger partial charge in [-0.3, -0.25) is 10.1 Å². The molecule has 0 heterocycles. The standard InChI is InChI=1S/C22H27BrN2O4S/c1-15(2)9-10-29-20-8-7-16(23)13-19(20)21(26)25-22(30)24-17-5-4-6-18(14-17)28-12-11-27-3/h4-8,13-15H,9-12H2,1-3H3,(H2,24,25,26,30). The molecule has 0 radical (unpaired) electrons. The molecular weight excluding hydrogens is 468 g/mol. The number of thiocarbonyl (C=S) groups is 1. The highest BCUT2D eigenvalue weighted by atomic mass is 79.9. The summed E-state index contributed by atoms with van der Waals surface area (Å²) in [7, 11) is 1.62. The van der Waals surface area contributed by atoms with Crippen molar-refractivity contribution in [2.24, 2.45) is 5.92 Å². The predicted octanol–water partition coefficient (Wildman–Crippen LogP) is 5.03. The maximum absolute atomic E-state index is 12.8. The fraction of sp³-hybridized carbons (Fsp3) is 0.364. The van der Waals surface area contributed by atoms with Crippen molar-refractivity contribution in [3.05, 3.63) is 52.5 Å². The van der Waals surface area contributed by atoms with Crippen LogP contribution in [0.3, 0.4) is 0 Å². The quantitative estimate of drug-likeness (QED) is 0.356. The van der Waals surface area contributed by atoms with Crippen molar-refractivity contribution >= 4 is 44.9 Å². The molecule has 2 rings (SSSR count). The van der Waals surface area contributed by atoms with Gasteiger partial charge in [0.2, 0.25) is 0 Å². The van der Waals surface area contributed by atoms with E-state index in [1.165, 1.54) is 0 Å². The van der Waals surface area contributed by atoms with Crippen molar-refractivity contribution in [2.45, 2.75) is 20.3 Å². The number of methoxy groups -OCH3 is 1. The summed E-state index contributed by atoms with van der Waals surface area (Å²) in [6.07, 6.45) is 0.903. The molecule has 0 saturated carbocycles. The molecule has 0 spiro atoms. The number of halogens is 1. The van der Waals surface area contributed by atoms with Crippen LogP contribution in [0.1, 0.15) is 30.6 Å². The van der Waals surface area contributed by atoms with Crippen LogP contribution in [0.15, 0.2) is 46.9 Å². The number of benzene rings is 2. The molecule has 162 valence electrons. The number of amides is 1. The van der Waals surface area contributed by atoms with Crippen LogP contribution < -0.4 is 20.1 Å². The fourth-order valence-corrected chi connectivity index (χ4v) is 3.02. The molecule has 0 unspecified atom stereocenters. The van der Waals surface area contributed by atoms with Gasteiger partial charge < -0.3 is 19.5 Å². The molecule has 0 fully saturated rings. The minimum Gasteiger partial charge on any atom is -0.493 e. The lowest BCUT2D eigenvalue weighted by Gasteiger charge is -2.14. The molecule has 2 aromatic carbocycles. The van der Waals surface area contributed by atoms with E-state index in [4.69, 9.17) is 26.4 Å². The lowest BCUT2D eigenvalue weighted by Crippen LogP contribution is -2.34. The van der Waals surface area contributed by atoms with E-state index in [0.29, 0.717) is 48.5 Å². The monoisotopic (exact) mass is 494 g/mol. The van der Waals surface area contributed by atoms with Gasteiger partial charge in [-0.1, -0.05) is 35.8 Å². The molecule has 0 bridgehead atoms. The second kappa shape index (κ2) is 12.5. The van der Waals surface area contributed by atoms with Crippen LogP contribution in [0.4, 0.5) is 5.69 Å². The summed E-state index contributed by atoms with van der Waals surface area (Å²) in [6.45, 7) is 5.74. The van der Waals surface area contributed by atoms with E-state index in [1.54, 1.807) is 25.3 Å². The first-order valence-corrected chi connectivity index (χ1v) is 10.9. The van der Waals surface area contributed by atoms with E-state index < -0.39 is 0 Å². The van der Waals surface area contributed by atoms with Crippen LogP contribution in [0.5, 0.6) is 11.5 Å². The van der Waals surface area contributed by atoms with Gasteiger partial charge in [-0.05, 0) is 54.9 Å². The van der Waals surface area contributed by atoms with E-state index in [9.17, 15) is 4.79 Å². The number of carbonyl (C=O) groups excluding carboxylic acids is 1. The zero-order valence-electron chi connectivity index (χ0n) is 17.4. The third-order valence-corrected chi connectivity index (χ3v) is 4.71. The zero-order chi connectivity index (χ0) is 21.9. The van der Waals surface area contributed by atoms with E-state index in [0.717, 1.165) is 10.9 Å². The lowest BCUT2D eigenvalue weighted by atomic mass is 10.1. The Morgan fingerprint density at radius 3 is 2.63 bits per heavy atom. The SMILES string of the molecule is COCCOc1cccc(NC(=S)NC(=O)c2cc(Br)ccc2OCCC(C)C)c1. The van der Waals surface area contributed by atoms with Gasteiger partial charge in [-0.15, -0.1) is 0 Å². The first-order valence-electron chi connectivity index (χ1n) is 9.65. The van der Waals surface area contributed by atoms with Crippen molar-refractivity contribution in [1.82, 2.24) is 5.32 Å². The number of rotatable bonds is 10. The number of ether oxygens (including phenoxy) is 3. The van der Waals surface area contributed by atoms with Crippen molar-refractivity contribution in [3.8, 4) is 11.5 Å². The Balaban J connectivity index is 1.99. The summed E-state index contributed by atoms with van der Waals surface area (Å²) >= 11 is 8.71. The Labute approximate surface area is 191 Å². The maximum atomic E-state index is 12.8. The van der Waals surface area contributed by atoms with Crippen molar-refractivity contribution < 1.29 is 19.0 Å². The molecule has 0 saturated heterocycles. The number of hydrogen-bond acceptors (Lipinski definition) is 5. The van der Waals surface area contributed by atoms with Gasteiger partial charge in [0.1, 0.15) is 18.1 Å². The third kappa shape index (κ3) is 8.30. The minimum absolute atomic E-state index is 0.183. The molecule has 0 aliphatic heterocycles. The Hall–Kier alpha value is -2.16. The van der Waals surface area contributed by atoms with Gasteiger partial charge in [-0.2, -0.15) is 0 Å². The Morgan fingerprint density at radius 2 is 1.90 bits per heavy atom. The zero-order valence-corrected chi connectivity index (χ0v) is 19.8. The molecule has 0 aliphatic rings. The van der Waals surface area contributed by atoms with Crippen LogP contribution in [0.25, 0.3) is 0 Å². The van der Waals surface area contributed by atoms with Gasteiger partial charge in [0.05, 0.1) is 18.8 Å². The largest absolute Gasteiger partial charge is 0.493 e. The molecular formula is C22H27BrN2O4S. The Kier molecular flexibility index (Phi) is 10.1. The summed E-state index contributed by atoms with van der Waals surface area (Å²) in [6, 6.07) is 12.6. The third-order valence-electron chi connectivity index (χ3n) is 4.01. The molecule has 2 N–H and O–H groups in total. The van der Waals surface area contributed by atoms with Crippen LogP contribution >= 0.6 is 28.1 Å². The summed E-state index contributed by atoms with van der Waals surface area (Å²) in [5, 5.41) is 5.89. The summed E-state index contributed by atoms with van der Waals surface area (Å²) < 4.78 is 17.2. The highest BCUT2D eigenvalue weighted by molar-refractivity contribution is 9.10. The number of anilines is 1. The average molecular weight is 495 g/mol. The predicted molar refractivity (Wildman–Crippen MR) is 127 cm³/mol. The highest BCUT2D eigenvalue weighted by Crippen LogP contribution is 2.24. The van der Waals surface area contributed by atoms with Crippen molar-refractivity contribution in [1.29, 1.82) is 0 Å². The summed E-state index contributed by atoms with van der Waals surface area (Å²) in [5.41, 5.74) is 1.12. The normalized spacial score (nSPS) is 10.6. The van der Waals surface area contributed by atoms with E-state index in [-0.39, 0.29) is 11.0 Å². The smallest absolute Gasteiger partial charge is 0.261 e. The lowest BCUT2D eigenvalue weighted by molar-refractivity contribution is 0.0973. The fourth-order valence-electron chi connectivity index (χ4n) is 2.45. The molecule has 1 amide bonds. The molecule has 2 aromatic rings. The van der Waals surface area contributed by atoms with Crippen LogP contribution in [-0.4, -0.2) is 38.0 Å². The summed E-state index contributed by atoms with van der Waals surface area (Å²) in [5.74, 6) is 1.37. The number of hydrogen-bond donors (Lipinski definition) is 2. The van der Waals surface area contributed by atoms with E-state index >= 15 is 0 Å². The second-order valence-corrected chi connectivity index (χ2v) is 8.27. The first-order chi connectivity index (χ1) is 14.4. The van der Waals surface area contributed by atoms with Crippen LogP contribution in [0.2, 0.25) is 0 Å². The molecule has 0 aliphatic carbocycles. The maximum Gasteiger partial charge on any atom is 0.261 e. The van der Waals surface area contributed by atoms with Crippen molar-refractivity contribution in [2.75, 3.05) is 32.2 Å². The second-order valence-electron chi connectivity index (χ2n) is 6.95. The van der Waals surface area contributed by atoms with Gasteiger partial charge in [0.15, 0.2) is 5.11 Å². The van der Waals surface area contributed by atoms with Gasteiger partial charge >= 0.3 is 0 Å². The molecule has 0 atom stereocenters. The Morgan fingerprint density at radius 1 is 1.10 bits per heavy atom. The summed E-state index contributed by atoms with van der Waals surface area (Å²) in [4.78, 5) is 12.8. The molecule has 30 heavy (non-hydrogen) atoms. The highest BCUT2D eigenvalue weighted by Gasteiger charge is 2.15. The van der Waals surface area contributed by atoms with E-state index in [2.05, 4.69) is 40.4 Å². The molecule has 0 aromatic heterocycles. The topological polar surface area (TPSA) is 68.8 Å². The van der Waals surface area contributed by atoms with Crippen molar-refractivity contribution in [3.63, 3.8) is 0 Å². The van der Waals surface area contributed by atoms with Gasteiger partial charge in [-0.25, -0.2) is 0 Å². The minimum atomic E-state index is -0.346. The van der Waals surface area contributed by atoms with Gasteiger partial charge in [0, 0.05) is 23.3 Å². The average Bonchev–Trinajstić information content (AvgIpc) is 2.69. The Bertz CT molecular complexity index is 861. The number of nitrogens with one attached hydrogen (secondary N) is 2. The van der Waals surface area contributed by atoms with E-state index in [1.807, 2.05) is 24.3 Å². The van der Waals surface area contributed by atoms with Crippen LogP contribution in [0, 0.1) is 5.92 Å². The number of carbonyl (C=O) groups is 1. The molecule has 6 nitrogen and oxygen atoms in total. The molecule has 8 heteroatoms.